The molecule has 4 N–H and O–H groups in total. The standard InChI is InChI=1S/C38H43N7O3/c1-20(2)34(44-38(47)48-4)37(46)45-32-12-10-27(32)17-33(45)36-40-19-31(43-36)26-8-7-22-14-23(5-6-24(22)15-26)25-9-11-28-29(16-25)42-35(41-28)30-13-21(3)18-39-30/h5-9,11,14-16,19-21,27,30,32-34,39H,10,12-13,17-18H2,1-4H3,(H,40,43)(H,41,42)(H,44,47)/t21-,27-,30?,32-,33+,34+/m1/s1. The summed E-state index contributed by atoms with van der Waals surface area (Å²) in [6.07, 6.45) is 5.41. The lowest BCUT2D eigenvalue weighted by Crippen LogP contribution is -2.54. The third kappa shape index (κ3) is 5.41. The molecule has 5 aromatic rings. The van der Waals surface area contributed by atoms with Gasteiger partial charge in [-0.25, -0.2) is 14.8 Å². The van der Waals surface area contributed by atoms with Gasteiger partial charge in [-0.15, -0.1) is 0 Å². The minimum Gasteiger partial charge on any atom is -0.453 e. The molecule has 2 saturated heterocycles. The van der Waals surface area contributed by atoms with E-state index < -0.39 is 12.1 Å². The summed E-state index contributed by atoms with van der Waals surface area (Å²) in [5.74, 6) is 2.78. The zero-order valence-corrected chi connectivity index (χ0v) is 27.9. The fourth-order valence-corrected chi connectivity index (χ4v) is 7.98. The summed E-state index contributed by atoms with van der Waals surface area (Å²) in [6.45, 7) is 7.19. The van der Waals surface area contributed by atoms with Crippen LogP contribution in [0.5, 0.6) is 0 Å². The lowest BCUT2D eigenvalue weighted by atomic mass is 9.80. The molecule has 0 spiro atoms. The minimum absolute atomic E-state index is 0.0698. The molecule has 2 aliphatic heterocycles. The van der Waals surface area contributed by atoms with Crippen LogP contribution in [0.4, 0.5) is 4.79 Å². The third-order valence-corrected chi connectivity index (χ3v) is 10.8. The normalized spacial score (nSPS) is 24.2. The Kier molecular flexibility index (Phi) is 7.70. The smallest absolute Gasteiger partial charge is 0.407 e. The first-order chi connectivity index (χ1) is 23.2. The van der Waals surface area contributed by atoms with Crippen molar-refractivity contribution < 1.29 is 14.3 Å². The van der Waals surface area contributed by atoms with Crippen LogP contribution in [0.25, 0.3) is 44.2 Å². The minimum atomic E-state index is -0.656. The SMILES string of the molecule is COC(=O)N[C@H](C(=O)N1[C@@H]2CC[C@@H]2C[C@H]1c1nc(-c2ccc3cc(-c4ccc5nc(C6C[C@@H](C)CN6)[nH]c5c4)ccc3c2)c[nH]1)C(C)C. The highest BCUT2D eigenvalue weighted by Gasteiger charge is 2.51. The second-order valence-corrected chi connectivity index (χ2v) is 14.4. The largest absolute Gasteiger partial charge is 0.453 e. The summed E-state index contributed by atoms with van der Waals surface area (Å²) < 4.78 is 4.82. The molecule has 10 heteroatoms. The number of benzene rings is 3. The van der Waals surface area contributed by atoms with Gasteiger partial charge in [-0.2, -0.15) is 0 Å². The van der Waals surface area contributed by atoms with Crippen LogP contribution in [0.2, 0.25) is 0 Å². The number of amides is 2. The van der Waals surface area contributed by atoms with Crippen LogP contribution in [0.1, 0.15) is 70.2 Å². The van der Waals surface area contributed by atoms with Gasteiger partial charge in [0, 0.05) is 17.8 Å². The average molecular weight is 646 g/mol. The second-order valence-electron chi connectivity index (χ2n) is 14.4. The Morgan fingerprint density at radius 3 is 2.40 bits per heavy atom. The number of nitrogens with zero attached hydrogens (tertiary/aromatic N) is 3. The number of hydrogen-bond acceptors (Lipinski definition) is 6. The topological polar surface area (TPSA) is 128 Å². The van der Waals surface area contributed by atoms with Crippen molar-refractivity contribution in [1.29, 1.82) is 0 Å². The number of carbonyl (C=O) groups is 2. The molecule has 3 aromatic carbocycles. The molecule has 248 valence electrons. The fraction of sp³-hybridized carbons (Fsp3) is 0.421. The van der Waals surface area contributed by atoms with Gasteiger partial charge in [-0.3, -0.25) is 4.79 Å². The molecule has 8 rings (SSSR count). The lowest BCUT2D eigenvalue weighted by Gasteiger charge is -2.39. The first kappa shape index (κ1) is 30.6. The van der Waals surface area contributed by atoms with E-state index in [1.807, 2.05) is 24.9 Å². The van der Waals surface area contributed by atoms with Gasteiger partial charge in [0.1, 0.15) is 17.7 Å². The second kappa shape index (κ2) is 12.1. The number of fused-ring (bicyclic) bond motifs is 3. The first-order valence-electron chi connectivity index (χ1n) is 17.2. The van der Waals surface area contributed by atoms with Crippen molar-refractivity contribution in [1.82, 2.24) is 35.5 Å². The highest BCUT2D eigenvalue weighted by atomic mass is 16.5. The Morgan fingerprint density at radius 2 is 1.69 bits per heavy atom. The summed E-state index contributed by atoms with van der Waals surface area (Å²) >= 11 is 0. The Morgan fingerprint density at radius 1 is 0.938 bits per heavy atom. The fourth-order valence-electron chi connectivity index (χ4n) is 7.98. The van der Waals surface area contributed by atoms with Gasteiger partial charge in [0.25, 0.3) is 0 Å². The van der Waals surface area contributed by atoms with E-state index in [2.05, 4.69) is 82.1 Å². The number of hydrogen-bond donors (Lipinski definition) is 4. The number of nitrogens with one attached hydrogen (secondary N) is 4. The molecular weight excluding hydrogens is 602 g/mol. The van der Waals surface area contributed by atoms with Crippen molar-refractivity contribution in [2.24, 2.45) is 17.8 Å². The van der Waals surface area contributed by atoms with E-state index in [9.17, 15) is 9.59 Å². The number of imidazole rings is 2. The van der Waals surface area contributed by atoms with Crippen LogP contribution < -0.4 is 10.6 Å². The molecule has 3 fully saturated rings. The first-order valence-corrected chi connectivity index (χ1v) is 17.2. The summed E-state index contributed by atoms with van der Waals surface area (Å²) in [5, 5.41) is 8.64. The molecule has 0 bridgehead atoms. The Balaban J connectivity index is 1.03. The summed E-state index contributed by atoms with van der Waals surface area (Å²) in [4.78, 5) is 44.8. The predicted octanol–water partition coefficient (Wildman–Crippen LogP) is 6.88. The number of aromatic nitrogens is 4. The molecule has 48 heavy (non-hydrogen) atoms. The average Bonchev–Trinajstić information content (AvgIpc) is 3.88. The van der Waals surface area contributed by atoms with E-state index in [1.54, 1.807) is 0 Å². The zero-order chi connectivity index (χ0) is 33.1. The maximum atomic E-state index is 13.9. The molecule has 6 atom stereocenters. The quantitative estimate of drug-likeness (QED) is 0.153. The van der Waals surface area contributed by atoms with E-state index in [4.69, 9.17) is 14.7 Å². The van der Waals surface area contributed by atoms with Crippen molar-refractivity contribution in [2.45, 2.75) is 70.6 Å². The molecule has 10 nitrogen and oxygen atoms in total. The number of H-pyrrole nitrogens is 2. The van der Waals surface area contributed by atoms with E-state index in [-0.39, 0.29) is 23.9 Å². The number of rotatable bonds is 7. The molecule has 1 saturated carbocycles. The zero-order valence-electron chi connectivity index (χ0n) is 27.9. The van der Waals surface area contributed by atoms with Crippen LogP contribution in [0, 0.1) is 17.8 Å². The molecule has 1 unspecified atom stereocenters. The van der Waals surface area contributed by atoms with Gasteiger partial charge in [-0.05, 0) is 96.1 Å². The number of aromatic amines is 2. The van der Waals surface area contributed by atoms with Gasteiger partial charge in [0.15, 0.2) is 0 Å². The summed E-state index contributed by atoms with van der Waals surface area (Å²) in [5.41, 5.74) is 6.23. The number of alkyl carbamates (subject to hydrolysis) is 1. The van der Waals surface area contributed by atoms with E-state index in [0.717, 1.165) is 88.1 Å². The van der Waals surface area contributed by atoms with Gasteiger partial charge < -0.3 is 30.2 Å². The van der Waals surface area contributed by atoms with Crippen LogP contribution in [-0.2, 0) is 9.53 Å². The number of likely N-dealkylation sites (tertiary alicyclic amines) is 1. The summed E-state index contributed by atoms with van der Waals surface area (Å²) in [7, 11) is 1.32. The monoisotopic (exact) mass is 645 g/mol. The lowest BCUT2D eigenvalue weighted by molar-refractivity contribution is -0.139. The number of ether oxygens (including phenoxy) is 1. The predicted molar refractivity (Wildman–Crippen MR) is 186 cm³/mol. The molecule has 1 aliphatic carbocycles. The molecule has 2 amide bonds. The molecule has 0 radical (unpaired) electrons. The van der Waals surface area contributed by atoms with Crippen molar-refractivity contribution in [3.05, 3.63) is 72.4 Å². The van der Waals surface area contributed by atoms with Crippen LogP contribution in [0.15, 0.2) is 60.8 Å². The van der Waals surface area contributed by atoms with E-state index in [0.29, 0.717) is 17.9 Å². The van der Waals surface area contributed by atoms with Gasteiger partial charge in [0.05, 0.1) is 35.9 Å². The Labute approximate surface area is 280 Å². The third-order valence-electron chi connectivity index (χ3n) is 10.8. The molecular formula is C38H43N7O3. The number of carbonyl (C=O) groups excluding carboxylic acids is 2. The Bertz CT molecular complexity index is 2010. The van der Waals surface area contributed by atoms with Crippen molar-refractivity contribution in [3.63, 3.8) is 0 Å². The number of methoxy groups -OCH3 is 1. The van der Waals surface area contributed by atoms with E-state index in [1.165, 1.54) is 7.11 Å². The van der Waals surface area contributed by atoms with Gasteiger partial charge in [0.2, 0.25) is 5.91 Å². The molecule has 3 aliphatic rings. The molecule has 4 heterocycles. The van der Waals surface area contributed by atoms with Crippen LogP contribution in [-0.4, -0.2) is 62.6 Å². The highest BCUT2D eigenvalue weighted by molar-refractivity contribution is 5.92. The van der Waals surface area contributed by atoms with Gasteiger partial charge in [-0.1, -0.05) is 51.1 Å². The molecule has 2 aromatic heterocycles. The highest BCUT2D eigenvalue weighted by Crippen LogP contribution is 2.49. The van der Waals surface area contributed by atoms with Crippen LogP contribution >= 0.6 is 0 Å². The van der Waals surface area contributed by atoms with Crippen molar-refractivity contribution >= 4 is 33.8 Å². The van der Waals surface area contributed by atoms with Crippen molar-refractivity contribution in [3.8, 4) is 22.4 Å². The maximum absolute atomic E-state index is 13.9. The summed E-state index contributed by atoms with van der Waals surface area (Å²) in [6, 6.07) is 19.1. The van der Waals surface area contributed by atoms with E-state index >= 15 is 0 Å². The van der Waals surface area contributed by atoms with Crippen LogP contribution in [0.3, 0.4) is 0 Å². The van der Waals surface area contributed by atoms with Gasteiger partial charge >= 0.3 is 6.09 Å². The Hall–Kier alpha value is -4.70. The van der Waals surface area contributed by atoms with Crippen molar-refractivity contribution in [2.75, 3.05) is 13.7 Å². The maximum Gasteiger partial charge on any atom is 0.407 e.